The van der Waals surface area contributed by atoms with Gasteiger partial charge in [-0.15, -0.1) is 0 Å². The molecule has 2 heterocycles. The van der Waals surface area contributed by atoms with E-state index in [9.17, 15) is 15.2 Å². The summed E-state index contributed by atoms with van der Waals surface area (Å²) in [6.45, 7) is 0.584. The van der Waals surface area contributed by atoms with Gasteiger partial charge in [-0.1, -0.05) is 24.3 Å². The molecule has 23 heavy (non-hydrogen) atoms. The van der Waals surface area contributed by atoms with Crippen LogP contribution in [0, 0.1) is 11.3 Å². The molecule has 2 atom stereocenters. The van der Waals surface area contributed by atoms with Crippen LogP contribution in [0.5, 0.6) is 0 Å². The van der Waals surface area contributed by atoms with Crippen molar-refractivity contribution in [3.05, 3.63) is 42.0 Å². The number of rotatable bonds is 1. The minimum atomic E-state index is -0.685. The average molecular weight is 323 g/mol. The van der Waals surface area contributed by atoms with Crippen molar-refractivity contribution in [2.24, 2.45) is 0 Å². The molecule has 1 amide bonds. The van der Waals surface area contributed by atoms with Gasteiger partial charge in [0.25, 0.3) is 5.91 Å². The fourth-order valence-electron chi connectivity index (χ4n) is 3.44. The quantitative estimate of drug-likeness (QED) is 0.810. The summed E-state index contributed by atoms with van der Waals surface area (Å²) in [6, 6.07) is 12.5. The van der Waals surface area contributed by atoms with E-state index < -0.39 is 12.1 Å². The highest BCUT2D eigenvalue weighted by Gasteiger charge is 2.50. The van der Waals surface area contributed by atoms with Crippen LogP contribution < -0.4 is 4.90 Å². The molecule has 0 saturated carbocycles. The molecule has 0 radical (unpaired) electrons. The minimum Gasteiger partial charge on any atom is -0.390 e. The topological polar surface area (TPSA) is 67.6 Å². The first-order chi connectivity index (χ1) is 11.1. The summed E-state index contributed by atoms with van der Waals surface area (Å²) in [5.74, 6) is -0.199. The Morgan fingerprint density at radius 3 is 2.65 bits per heavy atom. The molecular weight excluding hydrogens is 310 g/mol. The summed E-state index contributed by atoms with van der Waals surface area (Å²) >= 11 is 5.47. The molecule has 2 aromatic carbocycles. The molecule has 0 aromatic heterocycles. The van der Waals surface area contributed by atoms with Gasteiger partial charge in [-0.25, -0.2) is 0 Å². The molecule has 6 heteroatoms. The second-order valence-electron chi connectivity index (χ2n) is 5.74. The number of nitriles is 1. The Bertz CT molecular complexity index is 889. The number of aliphatic hydroxyl groups excluding tert-OH is 1. The predicted molar refractivity (Wildman–Crippen MR) is 89.9 cm³/mol. The number of carbonyl (C=O) groups excluding carboxylic acids is 1. The second-order valence-corrected chi connectivity index (χ2v) is 6.11. The number of fused-ring (bicyclic) bond motifs is 2. The average Bonchev–Trinajstić information content (AvgIpc) is 3.07. The van der Waals surface area contributed by atoms with Crippen molar-refractivity contribution in [3.8, 4) is 6.07 Å². The molecule has 5 nitrogen and oxygen atoms in total. The molecule has 4 rings (SSSR count). The van der Waals surface area contributed by atoms with Crippen molar-refractivity contribution in [2.75, 3.05) is 11.4 Å². The minimum absolute atomic E-state index is 0.199. The van der Waals surface area contributed by atoms with Crippen LogP contribution in [0.1, 0.15) is 12.0 Å². The molecule has 114 valence electrons. The predicted octanol–water partition coefficient (Wildman–Crippen LogP) is 1.78. The second kappa shape index (κ2) is 5.01. The third kappa shape index (κ3) is 1.87. The highest BCUT2D eigenvalue weighted by atomic mass is 32.1. The summed E-state index contributed by atoms with van der Waals surface area (Å²) in [6.07, 6.45) is -0.131. The van der Waals surface area contributed by atoms with Crippen molar-refractivity contribution < 1.29 is 9.90 Å². The van der Waals surface area contributed by atoms with Gasteiger partial charge in [-0.2, -0.15) is 5.26 Å². The Labute approximate surface area is 138 Å². The largest absolute Gasteiger partial charge is 0.390 e. The smallest absolute Gasteiger partial charge is 0.258 e. The lowest BCUT2D eigenvalue weighted by Crippen LogP contribution is -2.36. The summed E-state index contributed by atoms with van der Waals surface area (Å²) < 4.78 is 0. The van der Waals surface area contributed by atoms with Crippen LogP contribution in [0.25, 0.3) is 10.8 Å². The molecule has 1 N–H and O–H groups in total. The Morgan fingerprint density at radius 1 is 1.22 bits per heavy atom. The van der Waals surface area contributed by atoms with Gasteiger partial charge in [0.2, 0.25) is 0 Å². The number of aliphatic hydroxyl groups is 1. The number of hydrogen-bond donors (Lipinski definition) is 1. The first kappa shape index (κ1) is 14.1. The van der Waals surface area contributed by atoms with Crippen molar-refractivity contribution >= 4 is 39.7 Å². The maximum atomic E-state index is 12.8. The van der Waals surface area contributed by atoms with Gasteiger partial charge in [0, 0.05) is 17.3 Å². The van der Waals surface area contributed by atoms with E-state index in [0.717, 1.165) is 10.8 Å². The summed E-state index contributed by atoms with van der Waals surface area (Å²) in [5.41, 5.74) is 1.22. The van der Waals surface area contributed by atoms with Crippen LogP contribution >= 0.6 is 12.2 Å². The molecule has 2 fully saturated rings. The van der Waals surface area contributed by atoms with Gasteiger partial charge in [-0.05, 0) is 30.8 Å². The lowest BCUT2D eigenvalue weighted by Gasteiger charge is -2.20. The maximum Gasteiger partial charge on any atom is 0.258 e. The fraction of sp³-hybridized carbons (Fsp3) is 0.235. The molecule has 2 aromatic rings. The van der Waals surface area contributed by atoms with Crippen LogP contribution in [0.4, 0.5) is 5.69 Å². The molecule has 2 aliphatic heterocycles. The molecule has 2 saturated heterocycles. The lowest BCUT2D eigenvalue weighted by atomic mass is 10.0. The van der Waals surface area contributed by atoms with E-state index >= 15 is 0 Å². The van der Waals surface area contributed by atoms with Crippen molar-refractivity contribution in [1.82, 2.24) is 4.90 Å². The Morgan fingerprint density at radius 2 is 1.96 bits per heavy atom. The van der Waals surface area contributed by atoms with E-state index in [1.807, 2.05) is 24.3 Å². The van der Waals surface area contributed by atoms with Crippen molar-refractivity contribution in [1.29, 1.82) is 5.26 Å². The zero-order chi connectivity index (χ0) is 16.1. The van der Waals surface area contributed by atoms with Gasteiger partial charge in [0.05, 0.1) is 23.4 Å². The zero-order valence-corrected chi connectivity index (χ0v) is 13.0. The monoisotopic (exact) mass is 323 g/mol. The van der Waals surface area contributed by atoms with Gasteiger partial charge in [0.15, 0.2) is 5.11 Å². The lowest BCUT2D eigenvalue weighted by molar-refractivity contribution is -0.121. The highest BCUT2D eigenvalue weighted by molar-refractivity contribution is 7.80. The van der Waals surface area contributed by atoms with E-state index in [0.29, 0.717) is 29.3 Å². The number of amides is 1. The Kier molecular flexibility index (Phi) is 3.08. The normalized spacial score (nSPS) is 23.5. The van der Waals surface area contributed by atoms with Crippen LogP contribution in [0.3, 0.4) is 0 Å². The number of nitrogens with zero attached hydrogens (tertiary/aromatic N) is 3. The number of anilines is 1. The van der Waals surface area contributed by atoms with Gasteiger partial charge in [0.1, 0.15) is 6.04 Å². The Balaban J connectivity index is 1.89. The van der Waals surface area contributed by atoms with E-state index in [-0.39, 0.29) is 5.91 Å². The molecule has 0 spiro atoms. The molecule has 0 bridgehead atoms. The van der Waals surface area contributed by atoms with Gasteiger partial charge < -0.3 is 10.0 Å². The SMILES string of the molecule is N#Cc1ccc(N2C(=O)C3C(O)CCN3C2=S)c2ccccc12. The molecular formula is C17H13N3O2S. The fourth-order valence-corrected chi connectivity index (χ4v) is 3.83. The van der Waals surface area contributed by atoms with E-state index in [2.05, 4.69) is 6.07 Å². The number of thiocarbonyl (C=S) groups is 1. The van der Waals surface area contributed by atoms with E-state index in [1.54, 1.807) is 17.0 Å². The van der Waals surface area contributed by atoms with Crippen molar-refractivity contribution in [3.63, 3.8) is 0 Å². The number of hydrogen-bond acceptors (Lipinski definition) is 4. The highest BCUT2D eigenvalue weighted by Crippen LogP contribution is 2.36. The van der Waals surface area contributed by atoms with Crippen LogP contribution in [-0.2, 0) is 4.79 Å². The Hall–Kier alpha value is -2.49. The van der Waals surface area contributed by atoms with Crippen LogP contribution in [0.2, 0.25) is 0 Å². The maximum absolute atomic E-state index is 12.8. The standard InChI is InChI=1S/C17H13N3O2S/c18-9-10-5-6-13(12-4-2-1-3-11(10)12)20-16(22)15-14(21)7-8-19(15)17(20)23/h1-6,14-15,21H,7-8H2. The zero-order valence-electron chi connectivity index (χ0n) is 12.1. The van der Waals surface area contributed by atoms with Crippen LogP contribution in [-0.4, -0.2) is 39.7 Å². The van der Waals surface area contributed by atoms with Gasteiger partial charge in [-0.3, -0.25) is 9.69 Å². The number of carbonyl (C=O) groups is 1. The van der Waals surface area contributed by atoms with Crippen molar-refractivity contribution in [2.45, 2.75) is 18.6 Å². The summed E-state index contributed by atoms with van der Waals surface area (Å²) in [5, 5.41) is 21.3. The van der Waals surface area contributed by atoms with E-state index in [1.165, 1.54) is 4.90 Å². The number of benzene rings is 2. The summed E-state index contributed by atoms with van der Waals surface area (Å²) in [7, 11) is 0. The molecule has 0 aliphatic carbocycles. The molecule has 2 aliphatic rings. The first-order valence-electron chi connectivity index (χ1n) is 7.38. The third-order valence-corrected chi connectivity index (χ3v) is 4.96. The molecule has 2 unspecified atom stereocenters. The third-order valence-electron chi connectivity index (χ3n) is 4.54. The summed E-state index contributed by atoms with van der Waals surface area (Å²) in [4.78, 5) is 16.1. The van der Waals surface area contributed by atoms with Gasteiger partial charge >= 0.3 is 0 Å². The van der Waals surface area contributed by atoms with E-state index in [4.69, 9.17) is 12.2 Å². The van der Waals surface area contributed by atoms with Crippen LogP contribution in [0.15, 0.2) is 36.4 Å². The first-order valence-corrected chi connectivity index (χ1v) is 7.79.